The summed E-state index contributed by atoms with van der Waals surface area (Å²) in [5.74, 6) is -1.76. The summed E-state index contributed by atoms with van der Waals surface area (Å²) in [4.78, 5) is 36.8. The molecule has 0 radical (unpaired) electrons. The van der Waals surface area contributed by atoms with E-state index in [-0.39, 0.29) is 23.0 Å². The fourth-order valence-corrected chi connectivity index (χ4v) is 3.08. The summed E-state index contributed by atoms with van der Waals surface area (Å²) < 4.78 is 5.73. The number of carbonyl (C=O) groups excluding carboxylic acids is 1. The Morgan fingerprint density at radius 3 is 2.44 bits per heavy atom. The lowest BCUT2D eigenvalue weighted by atomic mass is 9.98. The van der Waals surface area contributed by atoms with Gasteiger partial charge in [-0.05, 0) is 17.5 Å². The molecule has 1 N–H and O–H groups in total. The van der Waals surface area contributed by atoms with Gasteiger partial charge < -0.3 is 9.84 Å². The molecule has 0 aromatic heterocycles. The minimum atomic E-state index is -1.33. The number of carboxylic acid groups (broad SMARTS) is 1. The van der Waals surface area contributed by atoms with E-state index in [4.69, 9.17) is 4.74 Å². The largest absolute Gasteiger partial charge is 0.479 e. The van der Waals surface area contributed by atoms with Crippen LogP contribution in [0.5, 0.6) is 5.75 Å². The molecule has 2 atom stereocenters. The van der Waals surface area contributed by atoms with Crippen molar-refractivity contribution >= 4 is 23.3 Å². The van der Waals surface area contributed by atoms with E-state index in [2.05, 4.69) is 0 Å². The van der Waals surface area contributed by atoms with Crippen LogP contribution in [-0.2, 0) is 9.59 Å². The first-order valence-corrected chi connectivity index (χ1v) is 8.37. The third kappa shape index (κ3) is 3.33. The van der Waals surface area contributed by atoms with E-state index in [0.29, 0.717) is 5.56 Å². The van der Waals surface area contributed by atoms with Gasteiger partial charge in [0.15, 0.2) is 12.1 Å². The van der Waals surface area contributed by atoms with Crippen LogP contribution in [-0.4, -0.2) is 28.0 Å². The van der Waals surface area contributed by atoms with Gasteiger partial charge in [-0.3, -0.25) is 19.8 Å². The minimum absolute atomic E-state index is 0.0716. The molecule has 2 aromatic rings. The molecular weight excluding hydrogens is 352 g/mol. The first kappa shape index (κ1) is 18.4. The van der Waals surface area contributed by atoms with Crippen LogP contribution >= 0.6 is 0 Å². The number of nitro benzene ring substituents is 1. The normalized spacial score (nSPS) is 17.2. The molecule has 1 amide bonds. The number of fused-ring (bicyclic) bond motifs is 1. The van der Waals surface area contributed by atoms with Gasteiger partial charge in [-0.15, -0.1) is 0 Å². The van der Waals surface area contributed by atoms with Gasteiger partial charge in [0.25, 0.3) is 11.6 Å². The highest BCUT2D eigenvalue weighted by Crippen LogP contribution is 2.42. The van der Waals surface area contributed by atoms with E-state index >= 15 is 0 Å². The second-order valence-corrected chi connectivity index (χ2v) is 6.55. The Kier molecular flexibility index (Phi) is 4.81. The zero-order valence-corrected chi connectivity index (χ0v) is 14.7. The maximum absolute atomic E-state index is 13.1. The third-order valence-corrected chi connectivity index (χ3v) is 4.36. The van der Waals surface area contributed by atoms with Crippen molar-refractivity contribution in [1.29, 1.82) is 0 Å². The summed E-state index contributed by atoms with van der Waals surface area (Å²) in [6.45, 7) is 3.57. The number of benzene rings is 2. The second kappa shape index (κ2) is 7.06. The van der Waals surface area contributed by atoms with E-state index < -0.39 is 28.9 Å². The summed E-state index contributed by atoms with van der Waals surface area (Å²) in [7, 11) is 0. The molecule has 0 fully saturated rings. The van der Waals surface area contributed by atoms with Crippen molar-refractivity contribution in [2.45, 2.75) is 26.0 Å². The predicted octanol–water partition coefficient (Wildman–Crippen LogP) is 3.17. The SMILES string of the molecule is CC(C)C1Oc2ccc([N+](=O)[O-])cc2N(C(C(=O)O)c2ccccc2)C1=O. The average Bonchev–Trinajstić information content (AvgIpc) is 2.63. The number of aliphatic carboxylic acids is 1. The van der Waals surface area contributed by atoms with Gasteiger partial charge in [-0.1, -0.05) is 44.2 Å². The summed E-state index contributed by atoms with van der Waals surface area (Å²) in [5.41, 5.74) is 0.206. The maximum Gasteiger partial charge on any atom is 0.331 e. The second-order valence-electron chi connectivity index (χ2n) is 6.55. The van der Waals surface area contributed by atoms with Crippen LogP contribution in [0.1, 0.15) is 25.5 Å². The number of carboxylic acids is 1. The Morgan fingerprint density at radius 1 is 1.22 bits per heavy atom. The predicted molar refractivity (Wildman–Crippen MR) is 96.7 cm³/mol. The minimum Gasteiger partial charge on any atom is -0.479 e. The zero-order valence-electron chi connectivity index (χ0n) is 14.7. The summed E-state index contributed by atoms with van der Waals surface area (Å²) >= 11 is 0. The Hall–Kier alpha value is -3.42. The van der Waals surface area contributed by atoms with Gasteiger partial charge in [0.1, 0.15) is 5.75 Å². The van der Waals surface area contributed by atoms with E-state index in [1.54, 1.807) is 44.2 Å². The van der Waals surface area contributed by atoms with Crippen molar-refractivity contribution in [1.82, 2.24) is 0 Å². The number of rotatable bonds is 5. The third-order valence-electron chi connectivity index (χ3n) is 4.36. The lowest BCUT2D eigenvalue weighted by molar-refractivity contribution is -0.384. The monoisotopic (exact) mass is 370 g/mol. The molecule has 0 aliphatic carbocycles. The molecule has 2 unspecified atom stereocenters. The molecule has 8 heteroatoms. The molecule has 8 nitrogen and oxygen atoms in total. The van der Waals surface area contributed by atoms with Crippen molar-refractivity contribution in [2.24, 2.45) is 5.92 Å². The van der Waals surface area contributed by atoms with Crippen LogP contribution in [0.15, 0.2) is 48.5 Å². The number of ether oxygens (including phenoxy) is 1. The molecule has 1 aliphatic rings. The number of hydrogen-bond acceptors (Lipinski definition) is 5. The summed E-state index contributed by atoms with van der Waals surface area (Å²) in [6.07, 6.45) is -0.885. The van der Waals surface area contributed by atoms with Crippen molar-refractivity contribution in [3.05, 3.63) is 64.2 Å². The fraction of sp³-hybridized carbons (Fsp3) is 0.263. The number of amides is 1. The Balaban J connectivity index is 2.21. The number of carbonyl (C=O) groups is 2. The molecule has 0 saturated carbocycles. The highest BCUT2D eigenvalue weighted by Gasteiger charge is 2.43. The molecule has 0 spiro atoms. The molecule has 2 aromatic carbocycles. The molecular formula is C19H18N2O6. The average molecular weight is 370 g/mol. The molecule has 27 heavy (non-hydrogen) atoms. The Morgan fingerprint density at radius 2 is 1.89 bits per heavy atom. The number of hydrogen-bond donors (Lipinski definition) is 1. The smallest absolute Gasteiger partial charge is 0.331 e. The lowest BCUT2D eigenvalue weighted by Crippen LogP contribution is -2.51. The highest BCUT2D eigenvalue weighted by molar-refractivity contribution is 6.05. The van der Waals surface area contributed by atoms with E-state index in [1.807, 2.05) is 0 Å². The van der Waals surface area contributed by atoms with Crippen LogP contribution in [0.25, 0.3) is 0 Å². The van der Waals surface area contributed by atoms with Crippen LogP contribution < -0.4 is 9.64 Å². The Bertz CT molecular complexity index is 896. The molecule has 3 rings (SSSR count). The van der Waals surface area contributed by atoms with Gasteiger partial charge in [0, 0.05) is 12.1 Å². The van der Waals surface area contributed by atoms with Crippen LogP contribution in [0.4, 0.5) is 11.4 Å². The zero-order chi connectivity index (χ0) is 19.7. The van der Waals surface area contributed by atoms with E-state index in [0.717, 1.165) is 4.90 Å². The van der Waals surface area contributed by atoms with Crippen LogP contribution in [0.2, 0.25) is 0 Å². The first-order chi connectivity index (χ1) is 12.8. The first-order valence-electron chi connectivity index (χ1n) is 8.37. The summed E-state index contributed by atoms with van der Waals surface area (Å²) in [6, 6.07) is 10.8. The van der Waals surface area contributed by atoms with Crippen molar-refractivity contribution in [2.75, 3.05) is 4.90 Å². The number of anilines is 1. The number of nitrogens with zero attached hydrogens (tertiary/aromatic N) is 2. The summed E-state index contributed by atoms with van der Waals surface area (Å²) in [5, 5.41) is 21.0. The molecule has 1 heterocycles. The van der Waals surface area contributed by atoms with Gasteiger partial charge in [0.05, 0.1) is 10.6 Å². The maximum atomic E-state index is 13.1. The Labute approximate surface area is 155 Å². The fourth-order valence-electron chi connectivity index (χ4n) is 3.08. The molecule has 140 valence electrons. The molecule has 0 saturated heterocycles. The standard InChI is InChI=1S/C19H18N2O6/c1-11(2)17-18(22)20(16(19(23)24)12-6-4-3-5-7-12)14-10-13(21(25)26)8-9-15(14)27-17/h3-11,16-17H,1-2H3,(H,23,24). The van der Waals surface area contributed by atoms with Gasteiger partial charge in [-0.25, -0.2) is 4.79 Å². The number of non-ortho nitro benzene ring substituents is 1. The van der Waals surface area contributed by atoms with E-state index in [1.165, 1.54) is 18.2 Å². The van der Waals surface area contributed by atoms with Crippen LogP contribution in [0, 0.1) is 16.0 Å². The van der Waals surface area contributed by atoms with E-state index in [9.17, 15) is 24.8 Å². The van der Waals surface area contributed by atoms with Crippen molar-refractivity contribution in [3.63, 3.8) is 0 Å². The van der Waals surface area contributed by atoms with Gasteiger partial charge in [-0.2, -0.15) is 0 Å². The lowest BCUT2D eigenvalue weighted by Gasteiger charge is -2.38. The quantitative estimate of drug-likeness (QED) is 0.639. The van der Waals surface area contributed by atoms with Crippen molar-refractivity contribution in [3.8, 4) is 5.75 Å². The highest BCUT2D eigenvalue weighted by atomic mass is 16.6. The topological polar surface area (TPSA) is 110 Å². The van der Waals surface area contributed by atoms with Gasteiger partial charge in [0.2, 0.25) is 0 Å². The van der Waals surface area contributed by atoms with Gasteiger partial charge >= 0.3 is 5.97 Å². The number of nitro groups is 1. The molecule has 0 bridgehead atoms. The van der Waals surface area contributed by atoms with Crippen molar-refractivity contribution < 1.29 is 24.4 Å². The molecule has 1 aliphatic heterocycles. The van der Waals surface area contributed by atoms with Crippen LogP contribution in [0.3, 0.4) is 0 Å².